The van der Waals surface area contributed by atoms with Gasteiger partial charge in [-0.3, -0.25) is 18.9 Å². The topological polar surface area (TPSA) is 124 Å². The molecule has 8 bridgehead atoms. The predicted molar refractivity (Wildman–Crippen MR) is 142 cm³/mol. The van der Waals surface area contributed by atoms with Gasteiger partial charge in [-0.1, -0.05) is 0 Å². The third-order valence-corrected chi connectivity index (χ3v) is 16.3. The quantitative estimate of drug-likeness (QED) is 0.325. The third-order valence-electron chi connectivity index (χ3n) is 11.2. The first kappa shape index (κ1) is 27.9. The molecular formula is C27H34F2O8S3. The number of carbonyl (C=O) groups is 3. The van der Waals surface area contributed by atoms with E-state index in [1.807, 2.05) is 23.5 Å². The highest BCUT2D eigenvalue weighted by atomic mass is 32.2. The summed E-state index contributed by atoms with van der Waals surface area (Å²) in [7, 11) is -5.67. The van der Waals surface area contributed by atoms with Gasteiger partial charge in [0.2, 0.25) is 0 Å². The van der Waals surface area contributed by atoms with E-state index in [-0.39, 0.29) is 44.9 Å². The Morgan fingerprint density at radius 3 is 2.05 bits per heavy atom. The van der Waals surface area contributed by atoms with Crippen LogP contribution in [0.2, 0.25) is 0 Å². The van der Waals surface area contributed by atoms with Crippen molar-refractivity contribution in [3.05, 3.63) is 0 Å². The van der Waals surface area contributed by atoms with Crippen molar-refractivity contribution in [3.8, 4) is 0 Å². The number of alkyl halides is 2. The number of thioether (sulfide) groups is 2. The van der Waals surface area contributed by atoms with Crippen molar-refractivity contribution < 1.29 is 45.6 Å². The summed E-state index contributed by atoms with van der Waals surface area (Å²) in [5.74, 6) is 1.37. The van der Waals surface area contributed by atoms with E-state index in [1.54, 1.807) is 0 Å². The van der Waals surface area contributed by atoms with E-state index in [0.717, 1.165) is 37.9 Å². The van der Waals surface area contributed by atoms with Gasteiger partial charge in [0, 0.05) is 22.8 Å². The molecule has 9 fully saturated rings. The SMILES string of the molecule is O=C1C2CC3CC1CC(C(=O)OCC1CSC4(S1)C1CC5CC4CC(C(=O)OCC(F)(F)S(=O)(=O)O)(C5)C1)(C3)C2. The first-order valence-electron chi connectivity index (χ1n) is 14.3. The Kier molecular flexibility index (Phi) is 6.31. The van der Waals surface area contributed by atoms with Crippen LogP contribution in [0.4, 0.5) is 8.78 Å². The molecule has 13 heteroatoms. The van der Waals surface area contributed by atoms with Crippen LogP contribution in [0.5, 0.6) is 0 Å². The number of esters is 2. The van der Waals surface area contributed by atoms with E-state index in [0.29, 0.717) is 50.4 Å². The Labute approximate surface area is 240 Å². The second kappa shape index (κ2) is 9.05. The lowest BCUT2D eigenvalue weighted by Crippen LogP contribution is -2.60. The van der Waals surface area contributed by atoms with Crippen molar-refractivity contribution >= 4 is 51.4 Å². The molecule has 222 valence electrons. The van der Waals surface area contributed by atoms with Crippen LogP contribution in [0.1, 0.15) is 64.2 Å². The van der Waals surface area contributed by atoms with Crippen LogP contribution in [-0.4, -0.2) is 64.2 Å². The Balaban J connectivity index is 0.987. The molecule has 1 heterocycles. The molecule has 0 radical (unpaired) electrons. The van der Waals surface area contributed by atoms with Crippen LogP contribution in [0, 0.1) is 46.3 Å². The standard InChI is InChI=1S/C27H34F2O8S3/c28-26(29,40(33,34)35)13-37-23(32)25-6-15-3-18(9-25)27(19(4-15)10-25)38-12-20(39-27)11-36-22(31)24-5-14-1-16(7-24)21(30)17(2-14)8-24/h14-20H,1-13H2,(H,33,34,35). The van der Waals surface area contributed by atoms with Gasteiger partial charge in [0.25, 0.3) is 0 Å². The molecule has 9 rings (SSSR count). The van der Waals surface area contributed by atoms with Crippen molar-refractivity contribution in [1.29, 1.82) is 0 Å². The van der Waals surface area contributed by atoms with Crippen molar-refractivity contribution in [2.24, 2.45) is 46.3 Å². The minimum Gasteiger partial charge on any atom is -0.464 e. The number of hydrogen-bond acceptors (Lipinski definition) is 9. The smallest absolute Gasteiger partial charge is 0.402 e. The van der Waals surface area contributed by atoms with E-state index in [2.05, 4.69) is 0 Å². The normalized spacial score (nSPS) is 46.8. The molecular weight excluding hydrogens is 586 g/mol. The summed E-state index contributed by atoms with van der Waals surface area (Å²) in [5.41, 5.74) is -1.40. The molecule has 0 aromatic carbocycles. The highest BCUT2D eigenvalue weighted by Crippen LogP contribution is 2.73. The van der Waals surface area contributed by atoms with Gasteiger partial charge in [-0.2, -0.15) is 17.2 Å². The highest BCUT2D eigenvalue weighted by molar-refractivity contribution is 8.21. The monoisotopic (exact) mass is 620 g/mol. The van der Waals surface area contributed by atoms with Crippen molar-refractivity contribution in [1.82, 2.24) is 0 Å². The van der Waals surface area contributed by atoms with Gasteiger partial charge < -0.3 is 9.47 Å². The molecule has 9 aliphatic rings. The van der Waals surface area contributed by atoms with Crippen LogP contribution in [0.3, 0.4) is 0 Å². The number of carbonyl (C=O) groups excluding carboxylic acids is 3. The minimum atomic E-state index is -5.67. The maximum absolute atomic E-state index is 13.7. The lowest BCUT2D eigenvalue weighted by Gasteiger charge is -2.62. The Hall–Kier alpha value is -0.920. The Morgan fingerprint density at radius 2 is 1.45 bits per heavy atom. The number of Topliss-reactive ketones (excluding diaryl/α,β-unsaturated/α-hetero) is 1. The molecule has 8 aliphatic carbocycles. The zero-order chi connectivity index (χ0) is 28.3. The Morgan fingerprint density at radius 1 is 0.900 bits per heavy atom. The maximum Gasteiger partial charge on any atom is 0.402 e. The number of rotatable bonds is 7. The van der Waals surface area contributed by atoms with Gasteiger partial charge in [-0.25, -0.2) is 0 Å². The fourth-order valence-electron chi connectivity index (χ4n) is 9.93. The lowest BCUT2D eigenvalue weighted by atomic mass is 9.49. The molecule has 40 heavy (non-hydrogen) atoms. The fraction of sp³-hybridized carbons (Fsp3) is 0.889. The van der Waals surface area contributed by atoms with Crippen LogP contribution < -0.4 is 0 Å². The predicted octanol–water partition coefficient (Wildman–Crippen LogP) is 4.32. The summed E-state index contributed by atoms with van der Waals surface area (Å²) < 4.78 is 68.8. The van der Waals surface area contributed by atoms with E-state index in [4.69, 9.17) is 14.0 Å². The molecule has 8 saturated carbocycles. The highest BCUT2D eigenvalue weighted by Gasteiger charge is 2.67. The second-order valence-corrected chi connectivity index (χ2v) is 18.4. The van der Waals surface area contributed by atoms with Gasteiger partial charge in [-0.15, -0.1) is 23.5 Å². The van der Waals surface area contributed by atoms with E-state index < -0.39 is 38.8 Å². The lowest BCUT2D eigenvalue weighted by molar-refractivity contribution is -0.177. The van der Waals surface area contributed by atoms with Gasteiger partial charge in [0.05, 0.1) is 14.9 Å². The number of ketones is 1. The fourth-order valence-corrected chi connectivity index (χ4v) is 14.3. The molecule has 1 saturated heterocycles. The first-order valence-corrected chi connectivity index (χ1v) is 17.6. The minimum absolute atomic E-state index is 0.0183. The maximum atomic E-state index is 13.7. The van der Waals surface area contributed by atoms with Crippen molar-refractivity contribution in [2.45, 2.75) is 78.8 Å². The number of hydrogen-bond donors (Lipinski definition) is 1. The van der Waals surface area contributed by atoms with Crippen LogP contribution >= 0.6 is 23.5 Å². The average Bonchev–Trinajstić information content (AvgIpc) is 3.31. The third kappa shape index (κ3) is 4.13. The van der Waals surface area contributed by atoms with Crippen molar-refractivity contribution in [2.75, 3.05) is 19.0 Å². The summed E-state index contributed by atoms with van der Waals surface area (Å²) in [5, 5.41) is -4.42. The van der Waals surface area contributed by atoms with Crippen LogP contribution in [-0.2, 0) is 34.0 Å². The summed E-state index contributed by atoms with van der Waals surface area (Å²) in [4.78, 5) is 39.0. The van der Waals surface area contributed by atoms with E-state index in [9.17, 15) is 31.6 Å². The van der Waals surface area contributed by atoms with Crippen molar-refractivity contribution in [3.63, 3.8) is 0 Å². The summed E-state index contributed by atoms with van der Waals surface area (Å²) in [6.07, 6.45) is 7.39. The number of ether oxygens (including phenoxy) is 2. The first-order chi connectivity index (χ1) is 18.7. The molecule has 1 N–H and O–H groups in total. The molecule has 1 spiro atoms. The number of halogens is 2. The zero-order valence-corrected chi connectivity index (χ0v) is 24.5. The molecule has 1 aliphatic heterocycles. The molecule has 0 aromatic heterocycles. The molecule has 0 amide bonds. The summed E-state index contributed by atoms with van der Waals surface area (Å²) in [6, 6.07) is 0. The van der Waals surface area contributed by atoms with Crippen LogP contribution in [0.15, 0.2) is 0 Å². The summed E-state index contributed by atoms with van der Waals surface area (Å²) >= 11 is 3.72. The van der Waals surface area contributed by atoms with Gasteiger partial charge in [0.15, 0.2) is 6.61 Å². The van der Waals surface area contributed by atoms with E-state index >= 15 is 0 Å². The van der Waals surface area contributed by atoms with Gasteiger partial charge in [0.1, 0.15) is 12.4 Å². The van der Waals surface area contributed by atoms with Gasteiger partial charge in [-0.05, 0) is 87.9 Å². The van der Waals surface area contributed by atoms with E-state index in [1.165, 1.54) is 0 Å². The van der Waals surface area contributed by atoms with Gasteiger partial charge >= 0.3 is 27.3 Å². The largest absolute Gasteiger partial charge is 0.464 e. The molecule has 0 aromatic rings. The molecule has 8 nitrogen and oxygen atoms in total. The second-order valence-electron chi connectivity index (χ2n) is 13.7. The van der Waals surface area contributed by atoms with Crippen LogP contribution in [0.25, 0.3) is 0 Å². The molecule has 5 atom stereocenters. The zero-order valence-electron chi connectivity index (χ0n) is 22.0. The summed E-state index contributed by atoms with van der Waals surface area (Å²) in [6.45, 7) is -1.36. The molecule has 5 unspecified atom stereocenters. The average molecular weight is 621 g/mol. The Bertz CT molecular complexity index is 1220.